The van der Waals surface area contributed by atoms with E-state index in [-0.39, 0.29) is 6.04 Å². The first kappa shape index (κ1) is 14.9. The molecule has 1 atom stereocenters. The summed E-state index contributed by atoms with van der Waals surface area (Å²) in [5.41, 5.74) is 4.89. The topological polar surface area (TPSA) is 12.0 Å². The number of nitrogens with one attached hydrogen (secondary N) is 1. The van der Waals surface area contributed by atoms with Gasteiger partial charge in [-0.25, -0.2) is 0 Å². The fourth-order valence-electron chi connectivity index (χ4n) is 2.33. The third kappa shape index (κ3) is 3.77. The summed E-state index contributed by atoms with van der Waals surface area (Å²) in [6.45, 7) is 6.44. The minimum absolute atomic E-state index is 0.241. The maximum Gasteiger partial charge on any atom is 0.0637 e. The molecule has 106 valence electrons. The predicted molar refractivity (Wildman–Crippen MR) is 88.7 cm³/mol. The lowest BCUT2D eigenvalue weighted by molar-refractivity contribution is 0.876. The maximum absolute atomic E-state index is 6.23. The second-order valence-electron chi connectivity index (χ2n) is 5.34. The number of benzene rings is 2. The van der Waals surface area contributed by atoms with Gasteiger partial charge in [0.2, 0.25) is 0 Å². The average Bonchev–Trinajstić information content (AvgIpc) is 2.44. The normalized spacial score (nSPS) is 12.2. The van der Waals surface area contributed by atoms with Crippen LogP contribution in [-0.2, 0) is 6.42 Å². The molecule has 20 heavy (non-hydrogen) atoms. The van der Waals surface area contributed by atoms with Crippen molar-refractivity contribution in [3.05, 3.63) is 64.2 Å². The van der Waals surface area contributed by atoms with E-state index in [1.54, 1.807) is 0 Å². The Bertz CT molecular complexity index is 560. The van der Waals surface area contributed by atoms with Gasteiger partial charge in [-0.05, 0) is 49.1 Å². The molecular formula is C18H22ClN. The van der Waals surface area contributed by atoms with Gasteiger partial charge in [-0.15, -0.1) is 0 Å². The summed E-state index contributed by atoms with van der Waals surface area (Å²) >= 11 is 6.23. The first-order valence-electron chi connectivity index (χ1n) is 7.21. The molecule has 1 unspecified atom stereocenters. The summed E-state index contributed by atoms with van der Waals surface area (Å²) in [5.74, 6) is 0. The molecular weight excluding hydrogens is 266 g/mol. The molecule has 2 aromatic carbocycles. The van der Waals surface area contributed by atoms with Crippen LogP contribution in [0.15, 0.2) is 42.5 Å². The van der Waals surface area contributed by atoms with Crippen molar-refractivity contribution in [2.45, 2.75) is 39.7 Å². The van der Waals surface area contributed by atoms with E-state index in [4.69, 9.17) is 11.6 Å². The van der Waals surface area contributed by atoms with Crippen LogP contribution in [0.1, 0.15) is 43.0 Å². The van der Waals surface area contributed by atoms with Gasteiger partial charge in [-0.1, -0.05) is 55.3 Å². The number of rotatable bonds is 5. The highest BCUT2D eigenvalue weighted by Crippen LogP contribution is 2.27. The van der Waals surface area contributed by atoms with E-state index in [9.17, 15) is 0 Å². The van der Waals surface area contributed by atoms with Gasteiger partial charge in [-0.3, -0.25) is 0 Å². The molecule has 0 aliphatic rings. The van der Waals surface area contributed by atoms with Crippen molar-refractivity contribution in [1.29, 1.82) is 0 Å². The summed E-state index contributed by atoms with van der Waals surface area (Å²) in [7, 11) is 0. The summed E-state index contributed by atoms with van der Waals surface area (Å²) in [5, 5.41) is 4.26. The van der Waals surface area contributed by atoms with E-state index in [2.05, 4.69) is 56.4 Å². The molecule has 0 saturated heterocycles. The Kier molecular flexibility index (Phi) is 5.08. The fraction of sp³-hybridized carbons (Fsp3) is 0.333. The monoisotopic (exact) mass is 287 g/mol. The van der Waals surface area contributed by atoms with E-state index in [1.165, 1.54) is 23.1 Å². The molecule has 0 spiro atoms. The van der Waals surface area contributed by atoms with E-state index >= 15 is 0 Å². The molecule has 0 fully saturated rings. The Labute approximate surface area is 127 Å². The quantitative estimate of drug-likeness (QED) is 0.735. The van der Waals surface area contributed by atoms with Gasteiger partial charge < -0.3 is 5.32 Å². The molecule has 0 heterocycles. The van der Waals surface area contributed by atoms with Crippen molar-refractivity contribution in [1.82, 2.24) is 0 Å². The third-order valence-electron chi connectivity index (χ3n) is 3.51. The van der Waals surface area contributed by atoms with Crippen LogP contribution in [-0.4, -0.2) is 0 Å². The van der Waals surface area contributed by atoms with Crippen LogP contribution in [0, 0.1) is 6.92 Å². The molecule has 2 aromatic rings. The third-order valence-corrected chi connectivity index (χ3v) is 3.84. The van der Waals surface area contributed by atoms with Crippen LogP contribution in [0.3, 0.4) is 0 Å². The van der Waals surface area contributed by atoms with Gasteiger partial charge in [0.15, 0.2) is 0 Å². The predicted octanol–water partition coefficient (Wildman–Crippen LogP) is 5.77. The molecule has 0 aliphatic heterocycles. The Hall–Kier alpha value is -1.47. The van der Waals surface area contributed by atoms with Gasteiger partial charge >= 0.3 is 0 Å². The Morgan fingerprint density at radius 3 is 2.45 bits per heavy atom. The zero-order valence-electron chi connectivity index (χ0n) is 12.4. The Balaban J connectivity index is 2.11. The van der Waals surface area contributed by atoms with Gasteiger partial charge in [0.25, 0.3) is 0 Å². The molecule has 2 heteroatoms. The maximum atomic E-state index is 6.23. The highest BCUT2D eigenvalue weighted by atomic mass is 35.5. The van der Waals surface area contributed by atoms with E-state index < -0.39 is 0 Å². The molecule has 0 aromatic heterocycles. The van der Waals surface area contributed by atoms with Crippen molar-refractivity contribution in [2.24, 2.45) is 0 Å². The van der Waals surface area contributed by atoms with Gasteiger partial charge in [0.1, 0.15) is 0 Å². The van der Waals surface area contributed by atoms with E-state index in [0.717, 1.165) is 17.1 Å². The van der Waals surface area contributed by atoms with Crippen LogP contribution in [0.2, 0.25) is 5.02 Å². The van der Waals surface area contributed by atoms with Crippen molar-refractivity contribution in [2.75, 3.05) is 5.32 Å². The van der Waals surface area contributed by atoms with Crippen molar-refractivity contribution in [3.8, 4) is 0 Å². The summed E-state index contributed by atoms with van der Waals surface area (Å²) < 4.78 is 0. The zero-order valence-corrected chi connectivity index (χ0v) is 13.2. The molecule has 0 radical (unpaired) electrons. The van der Waals surface area contributed by atoms with Crippen LogP contribution >= 0.6 is 11.6 Å². The lowest BCUT2D eigenvalue weighted by Crippen LogP contribution is -2.07. The summed E-state index contributed by atoms with van der Waals surface area (Å²) in [4.78, 5) is 0. The molecule has 0 aliphatic carbocycles. The van der Waals surface area contributed by atoms with Gasteiger partial charge in [0.05, 0.1) is 10.7 Å². The van der Waals surface area contributed by atoms with Crippen LogP contribution in [0.5, 0.6) is 0 Å². The highest BCUT2D eigenvalue weighted by Gasteiger charge is 2.08. The van der Waals surface area contributed by atoms with Crippen LogP contribution in [0.4, 0.5) is 5.69 Å². The van der Waals surface area contributed by atoms with Crippen molar-refractivity contribution >= 4 is 17.3 Å². The lowest BCUT2D eigenvalue weighted by atomic mass is 10.0. The minimum atomic E-state index is 0.241. The van der Waals surface area contributed by atoms with E-state index in [1.807, 2.05) is 12.1 Å². The molecule has 0 saturated carbocycles. The number of anilines is 1. The van der Waals surface area contributed by atoms with Crippen molar-refractivity contribution < 1.29 is 0 Å². The average molecular weight is 288 g/mol. The summed E-state index contributed by atoms with van der Waals surface area (Å²) in [6.07, 6.45) is 2.33. The van der Waals surface area contributed by atoms with Crippen LogP contribution < -0.4 is 5.32 Å². The Morgan fingerprint density at radius 2 is 1.80 bits per heavy atom. The molecule has 1 N–H and O–H groups in total. The first-order valence-corrected chi connectivity index (χ1v) is 7.59. The van der Waals surface area contributed by atoms with Crippen molar-refractivity contribution in [3.63, 3.8) is 0 Å². The summed E-state index contributed by atoms with van der Waals surface area (Å²) in [6, 6.07) is 15.1. The standard InChI is InChI=1S/C18H22ClN/c1-4-5-15-7-9-16(10-8-15)14(3)20-18-12-13(2)6-11-17(18)19/h6-12,14,20H,4-5H2,1-3H3. The number of halogens is 1. The largest absolute Gasteiger partial charge is 0.377 e. The molecule has 0 bridgehead atoms. The fourth-order valence-corrected chi connectivity index (χ4v) is 2.50. The lowest BCUT2D eigenvalue weighted by Gasteiger charge is -2.17. The molecule has 0 amide bonds. The first-order chi connectivity index (χ1) is 9.60. The van der Waals surface area contributed by atoms with Gasteiger partial charge in [0, 0.05) is 6.04 Å². The smallest absolute Gasteiger partial charge is 0.0637 e. The minimum Gasteiger partial charge on any atom is -0.377 e. The van der Waals surface area contributed by atoms with Crippen LogP contribution in [0.25, 0.3) is 0 Å². The zero-order chi connectivity index (χ0) is 14.5. The number of hydrogen-bond acceptors (Lipinski definition) is 1. The van der Waals surface area contributed by atoms with Gasteiger partial charge in [-0.2, -0.15) is 0 Å². The highest BCUT2D eigenvalue weighted by molar-refractivity contribution is 6.33. The molecule has 2 rings (SSSR count). The number of hydrogen-bond donors (Lipinski definition) is 1. The van der Waals surface area contributed by atoms with E-state index in [0.29, 0.717) is 0 Å². The SMILES string of the molecule is CCCc1ccc(C(C)Nc2cc(C)ccc2Cl)cc1. The second kappa shape index (κ2) is 6.81. The Morgan fingerprint density at radius 1 is 1.10 bits per heavy atom. The number of aryl methyl sites for hydroxylation is 2. The second-order valence-corrected chi connectivity index (χ2v) is 5.75. The molecule has 1 nitrogen and oxygen atoms in total.